The molecule has 1 aromatic heterocycles. The molecular weight excluding hydrogens is 507 g/mol. The van der Waals surface area contributed by atoms with Crippen LogP contribution in [0.2, 0.25) is 0 Å². The van der Waals surface area contributed by atoms with E-state index in [9.17, 15) is 9.59 Å². The average molecular weight is 548 g/mol. The van der Waals surface area contributed by atoms with Crippen LogP contribution in [-0.2, 0) is 16.1 Å². The number of hydrogen-bond acceptors (Lipinski definition) is 4. The Morgan fingerprint density at radius 2 is 1.62 bits per heavy atom. The van der Waals surface area contributed by atoms with Crippen LogP contribution in [0.15, 0.2) is 54.9 Å². The molecule has 1 N–H and O–H groups in total. The molecule has 3 aliphatic rings. The van der Waals surface area contributed by atoms with Gasteiger partial charge in [0.05, 0.1) is 11.5 Å². The molecule has 0 unspecified atom stereocenters. The standard InChI is InChI=1S/C29H38N4O2.2ClH/c34-27(25-8-4-5-9-25)31-26(24-6-2-1-3-7-24)12-18-32-19-13-29(14-20-32)15-21-33(28(29)35)22-23-10-16-30-17-11-23;;/h1-3,6-7,10-11,16-17,25-26H,4-5,8-9,12-15,18-22H2,(H,31,34);2*1H/t26-;;/m0../s1. The van der Waals surface area contributed by atoms with Gasteiger partial charge in [0, 0.05) is 37.9 Å². The number of rotatable bonds is 8. The number of likely N-dealkylation sites (tertiary alicyclic amines) is 2. The molecule has 6 nitrogen and oxygen atoms in total. The number of halogens is 2. The number of pyridine rings is 1. The van der Waals surface area contributed by atoms with E-state index in [4.69, 9.17) is 0 Å². The van der Waals surface area contributed by atoms with Gasteiger partial charge in [-0.2, -0.15) is 0 Å². The highest BCUT2D eigenvalue weighted by Gasteiger charge is 2.47. The molecule has 3 heterocycles. The second-order valence-electron chi connectivity index (χ2n) is 10.7. The van der Waals surface area contributed by atoms with Gasteiger partial charge >= 0.3 is 0 Å². The molecule has 2 amide bonds. The van der Waals surface area contributed by atoms with Crippen LogP contribution >= 0.6 is 24.8 Å². The maximum Gasteiger partial charge on any atom is 0.229 e. The Morgan fingerprint density at radius 3 is 2.30 bits per heavy atom. The first kappa shape index (κ1) is 29.4. The fourth-order valence-electron chi connectivity index (χ4n) is 6.22. The maximum atomic E-state index is 13.3. The number of carbonyl (C=O) groups excluding carboxylic acids is 2. The summed E-state index contributed by atoms with van der Waals surface area (Å²) in [6.07, 6.45) is 11.7. The predicted molar refractivity (Wildman–Crippen MR) is 151 cm³/mol. The van der Waals surface area contributed by atoms with Crippen LogP contribution in [0.5, 0.6) is 0 Å². The lowest BCUT2D eigenvalue weighted by molar-refractivity contribution is -0.139. The summed E-state index contributed by atoms with van der Waals surface area (Å²) in [5.74, 6) is 0.735. The van der Waals surface area contributed by atoms with Crippen LogP contribution in [0.25, 0.3) is 0 Å². The van der Waals surface area contributed by atoms with Crippen LogP contribution in [0, 0.1) is 11.3 Å². The third-order valence-electron chi connectivity index (χ3n) is 8.52. The molecule has 3 fully saturated rings. The molecular formula is C29H40Cl2N4O2. The van der Waals surface area contributed by atoms with Crippen molar-refractivity contribution >= 4 is 36.6 Å². The molecule has 2 saturated heterocycles. The fourth-order valence-corrected chi connectivity index (χ4v) is 6.22. The van der Waals surface area contributed by atoms with Crippen molar-refractivity contribution in [2.45, 2.75) is 64.0 Å². The van der Waals surface area contributed by atoms with Crippen LogP contribution < -0.4 is 5.32 Å². The van der Waals surface area contributed by atoms with E-state index in [0.29, 0.717) is 12.5 Å². The van der Waals surface area contributed by atoms with Crippen molar-refractivity contribution in [2.24, 2.45) is 11.3 Å². The van der Waals surface area contributed by atoms with Crippen LogP contribution in [0.4, 0.5) is 0 Å². The van der Waals surface area contributed by atoms with Gasteiger partial charge in [-0.3, -0.25) is 14.6 Å². The monoisotopic (exact) mass is 546 g/mol. The minimum absolute atomic E-state index is 0. The number of aromatic nitrogens is 1. The lowest BCUT2D eigenvalue weighted by atomic mass is 9.77. The summed E-state index contributed by atoms with van der Waals surface area (Å²) >= 11 is 0. The van der Waals surface area contributed by atoms with Gasteiger partial charge in [0.2, 0.25) is 11.8 Å². The summed E-state index contributed by atoms with van der Waals surface area (Å²) in [5, 5.41) is 3.37. The molecule has 202 valence electrons. The topological polar surface area (TPSA) is 65.5 Å². The number of nitrogens with zero attached hydrogens (tertiary/aromatic N) is 3. The van der Waals surface area contributed by atoms with Gasteiger partial charge in [0.15, 0.2) is 0 Å². The van der Waals surface area contributed by atoms with Crippen molar-refractivity contribution in [3.63, 3.8) is 0 Å². The second-order valence-corrected chi connectivity index (χ2v) is 10.7. The van der Waals surface area contributed by atoms with Gasteiger partial charge in [0.1, 0.15) is 0 Å². The predicted octanol–water partition coefficient (Wildman–Crippen LogP) is 5.18. The van der Waals surface area contributed by atoms with E-state index in [-0.39, 0.29) is 48.1 Å². The number of carbonyl (C=O) groups is 2. The molecule has 0 bridgehead atoms. The zero-order chi connectivity index (χ0) is 24.1. The normalized spacial score (nSPS) is 20.3. The number of nitrogens with one attached hydrogen (secondary N) is 1. The van der Waals surface area contributed by atoms with E-state index in [1.807, 2.05) is 23.1 Å². The number of hydrogen-bond donors (Lipinski definition) is 1. The van der Waals surface area contributed by atoms with Gasteiger partial charge in [-0.05, 0) is 74.9 Å². The molecule has 1 saturated carbocycles. The highest BCUT2D eigenvalue weighted by Crippen LogP contribution is 2.42. The van der Waals surface area contributed by atoms with Crippen molar-refractivity contribution in [3.05, 3.63) is 66.0 Å². The molecule has 1 atom stereocenters. The van der Waals surface area contributed by atoms with Crippen LogP contribution in [-0.4, -0.2) is 52.8 Å². The Labute approximate surface area is 233 Å². The quantitative estimate of drug-likeness (QED) is 0.495. The van der Waals surface area contributed by atoms with Crippen molar-refractivity contribution in [2.75, 3.05) is 26.2 Å². The Kier molecular flexibility index (Phi) is 10.8. The average Bonchev–Trinajstić information content (AvgIpc) is 3.54. The van der Waals surface area contributed by atoms with E-state index >= 15 is 0 Å². The fraction of sp³-hybridized carbons (Fsp3) is 0.552. The largest absolute Gasteiger partial charge is 0.349 e. The lowest BCUT2D eigenvalue weighted by Gasteiger charge is -2.38. The molecule has 37 heavy (non-hydrogen) atoms. The molecule has 2 aliphatic heterocycles. The Balaban J connectivity index is 0.00000190. The molecule has 2 aromatic rings. The van der Waals surface area contributed by atoms with Crippen LogP contribution in [0.1, 0.15) is 68.5 Å². The smallest absolute Gasteiger partial charge is 0.229 e. The van der Waals surface area contributed by atoms with Crippen LogP contribution in [0.3, 0.4) is 0 Å². The maximum absolute atomic E-state index is 13.3. The number of benzene rings is 1. The summed E-state index contributed by atoms with van der Waals surface area (Å²) in [4.78, 5) is 34.8. The van der Waals surface area contributed by atoms with Crippen molar-refractivity contribution in [1.29, 1.82) is 0 Å². The summed E-state index contributed by atoms with van der Waals surface area (Å²) in [6.45, 7) is 4.38. The Morgan fingerprint density at radius 1 is 0.973 bits per heavy atom. The third kappa shape index (κ3) is 7.04. The highest BCUT2D eigenvalue weighted by atomic mass is 35.5. The van der Waals surface area contributed by atoms with E-state index in [1.165, 1.54) is 18.4 Å². The van der Waals surface area contributed by atoms with E-state index in [1.54, 1.807) is 12.4 Å². The molecule has 0 radical (unpaired) electrons. The lowest BCUT2D eigenvalue weighted by Crippen LogP contribution is -2.45. The summed E-state index contributed by atoms with van der Waals surface area (Å²) in [6, 6.07) is 14.4. The van der Waals surface area contributed by atoms with E-state index in [0.717, 1.165) is 70.3 Å². The van der Waals surface area contributed by atoms with Gasteiger partial charge < -0.3 is 15.1 Å². The SMILES string of the molecule is Cl.Cl.O=C(N[C@@H](CCN1CCC2(CC1)CCN(Cc1ccncc1)C2=O)c1ccccc1)C1CCCC1. The van der Waals surface area contributed by atoms with E-state index in [2.05, 4.69) is 39.5 Å². The summed E-state index contributed by atoms with van der Waals surface area (Å²) in [7, 11) is 0. The van der Waals surface area contributed by atoms with Crippen molar-refractivity contribution in [3.8, 4) is 0 Å². The Hall–Kier alpha value is -2.15. The summed E-state index contributed by atoms with van der Waals surface area (Å²) in [5.41, 5.74) is 2.15. The zero-order valence-electron chi connectivity index (χ0n) is 21.5. The van der Waals surface area contributed by atoms with Gasteiger partial charge in [0.25, 0.3) is 0 Å². The zero-order valence-corrected chi connectivity index (χ0v) is 23.2. The third-order valence-corrected chi connectivity index (χ3v) is 8.52. The molecule has 8 heteroatoms. The minimum Gasteiger partial charge on any atom is -0.349 e. The van der Waals surface area contributed by atoms with E-state index < -0.39 is 0 Å². The van der Waals surface area contributed by atoms with Gasteiger partial charge in [-0.25, -0.2) is 0 Å². The first-order chi connectivity index (χ1) is 17.1. The molecule has 1 aliphatic carbocycles. The number of amides is 2. The van der Waals surface area contributed by atoms with Gasteiger partial charge in [-0.15, -0.1) is 24.8 Å². The molecule has 1 spiro atoms. The highest BCUT2D eigenvalue weighted by molar-refractivity contribution is 5.86. The van der Waals surface area contributed by atoms with Crippen molar-refractivity contribution in [1.82, 2.24) is 20.1 Å². The molecule has 1 aromatic carbocycles. The number of piperidine rings is 1. The first-order valence-corrected chi connectivity index (χ1v) is 13.4. The first-order valence-electron chi connectivity index (χ1n) is 13.4. The summed E-state index contributed by atoms with van der Waals surface area (Å²) < 4.78 is 0. The molecule has 5 rings (SSSR count). The minimum atomic E-state index is -0.181. The second kappa shape index (κ2) is 13.6. The van der Waals surface area contributed by atoms with Crippen molar-refractivity contribution < 1.29 is 9.59 Å². The van der Waals surface area contributed by atoms with Gasteiger partial charge in [-0.1, -0.05) is 43.2 Å². The Bertz CT molecular complexity index is 993.